The first-order chi connectivity index (χ1) is 9.26. The summed E-state index contributed by atoms with van der Waals surface area (Å²) >= 11 is 0. The van der Waals surface area contributed by atoms with Gasteiger partial charge in [-0.05, 0) is 26.0 Å². The summed E-state index contributed by atoms with van der Waals surface area (Å²) in [5.74, 6) is -0.352. The van der Waals surface area contributed by atoms with Crippen molar-refractivity contribution in [1.29, 1.82) is 0 Å². The van der Waals surface area contributed by atoms with Gasteiger partial charge in [0.15, 0.2) is 0 Å². The van der Waals surface area contributed by atoms with Gasteiger partial charge in [0.25, 0.3) is 5.88 Å². The lowest BCUT2D eigenvalue weighted by atomic mass is 10.1. The highest BCUT2D eigenvalue weighted by atomic mass is 17.2. The Balaban J connectivity index is 2.47. The van der Waals surface area contributed by atoms with Gasteiger partial charge in [-0.25, -0.2) is 9.78 Å². The SMILES string of the molecule is CCOOc1nc2ccccc2cc1C(=O)OCC. The highest BCUT2D eigenvalue weighted by molar-refractivity contribution is 5.96. The molecule has 1 aromatic carbocycles. The van der Waals surface area contributed by atoms with Gasteiger partial charge >= 0.3 is 5.97 Å². The molecule has 5 heteroatoms. The quantitative estimate of drug-likeness (QED) is 0.470. The zero-order chi connectivity index (χ0) is 13.7. The number of rotatable bonds is 5. The molecule has 2 rings (SSSR count). The molecule has 2 aromatic rings. The van der Waals surface area contributed by atoms with Gasteiger partial charge in [0, 0.05) is 5.39 Å². The third-order valence-electron chi connectivity index (χ3n) is 2.44. The highest BCUT2D eigenvalue weighted by Gasteiger charge is 2.17. The fraction of sp³-hybridized carbons (Fsp3) is 0.286. The van der Waals surface area contributed by atoms with Gasteiger partial charge in [0.2, 0.25) is 0 Å². The van der Waals surface area contributed by atoms with E-state index < -0.39 is 5.97 Å². The summed E-state index contributed by atoms with van der Waals surface area (Å²) < 4.78 is 4.98. The van der Waals surface area contributed by atoms with Crippen LogP contribution in [0.4, 0.5) is 0 Å². The molecule has 0 bridgehead atoms. The maximum absolute atomic E-state index is 11.9. The summed E-state index contributed by atoms with van der Waals surface area (Å²) in [4.78, 5) is 26.1. The molecular formula is C14H15NO4. The topological polar surface area (TPSA) is 57.7 Å². The van der Waals surface area contributed by atoms with Crippen LogP contribution in [0.15, 0.2) is 30.3 Å². The van der Waals surface area contributed by atoms with E-state index in [0.29, 0.717) is 13.2 Å². The number of aromatic nitrogens is 1. The second kappa shape index (κ2) is 6.15. The molecule has 0 radical (unpaired) electrons. The Kier molecular flexibility index (Phi) is 4.30. The second-order valence-electron chi connectivity index (χ2n) is 3.74. The van der Waals surface area contributed by atoms with Crippen molar-refractivity contribution in [3.63, 3.8) is 0 Å². The number of carbonyl (C=O) groups excluding carboxylic acids is 1. The van der Waals surface area contributed by atoms with Crippen LogP contribution in [-0.2, 0) is 9.62 Å². The van der Waals surface area contributed by atoms with Crippen LogP contribution in [0, 0.1) is 0 Å². The first-order valence-corrected chi connectivity index (χ1v) is 6.12. The van der Waals surface area contributed by atoms with Crippen LogP contribution in [0.2, 0.25) is 0 Å². The van der Waals surface area contributed by atoms with Crippen LogP contribution < -0.4 is 4.89 Å². The average molecular weight is 261 g/mol. The summed E-state index contributed by atoms with van der Waals surface area (Å²) in [6.45, 7) is 4.18. The second-order valence-corrected chi connectivity index (χ2v) is 3.74. The monoisotopic (exact) mass is 261 g/mol. The summed E-state index contributed by atoms with van der Waals surface area (Å²) in [5, 5.41) is 0.842. The van der Waals surface area contributed by atoms with Gasteiger partial charge < -0.3 is 9.62 Å². The predicted octanol–water partition coefficient (Wildman–Crippen LogP) is 2.74. The van der Waals surface area contributed by atoms with Crippen LogP contribution in [0.3, 0.4) is 0 Å². The third-order valence-corrected chi connectivity index (χ3v) is 2.44. The lowest BCUT2D eigenvalue weighted by Gasteiger charge is -2.09. The average Bonchev–Trinajstić information content (AvgIpc) is 2.44. The molecule has 0 fully saturated rings. The van der Waals surface area contributed by atoms with Crippen LogP contribution >= 0.6 is 0 Å². The summed E-state index contributed by atoms with van der Waals surface area (Å²) in [6.07, 6.45) is 0. The Hall–Kier alpha value is -2.14. The number of nitrogens with zero attached hydrogens (tertiary/aromatic N) is 1. The van der Waals surface area contributed by atoms with E-state index in [1.165, 1.54) is 0 Å². The van der Waals surface area contributed by atoms with E-state index in [9.17, 15) is 4.79 Å². The molecule has 0 amide bonds. The minimum Gasteiger partial charge on any atom is -0.462 e. The number of hydrogen-bond donors (Lipinski definition) is 0. The van der Waals surface area contributed by atoms with E-state index in [0.717, 1.165) is 10.9 Å². The molecular weight excluding hydrogens is 246 g/mol. The third kappa shape index (κ3) is 3.00. The van der Waals surface area contributed by atoms with Crippen molar-refractivity contribution < 1.29 is 19.3 Å². The van der Waals surface area contributed by atoms with E-state index in [2.05, 4.69) is 4.98 Å². The van der Waals surface area contributed by atoms with Crippen molar-refractivity contribution in [2.75, 3.05) is 13.2 Å². The number of hydrogen-bond acceptors (Lipinski definition) is 5. The smallest absolute Gasteiger partial charge is 0.343 e. The zero-order valence-electron chi connectivity index (χ0n) is 10.9. The van der Waals surface area contributed by atoms with E-state index in [4.69, 9.17) is 14.5 Å². The Morgan fingerprint density at radius 1 is 1.21 bits per heavy atom. The fourth-order valence-electron chi connectivity index (χ4n) is 1.63. The molecule has 1 aromatic heterocycles. The van der Waals surface area contributed by atoms with Crippen molar-refractivity contribution in [2.45, 2.75) is 13.8 Å². The van der Waals surface area contributed by atoms with Gasteiger partial charge in [-0.3, -0.25) is 0 Å². The Labute approximate surface area is 111 Å². The maximum Gasteiger partial charge on any atom is 0.343 e. The molecule has 0 unspecified atom stereocenters. The zero-order valence-corrected chi connectivity index (χ0v) is 10.9. The van der Waals surface area contributed by atoms with Gasteiger partial charge in [-0.15, -0.1) is 0 Å². The molecule has 0 saturated heterocycles. The number of pyridine rings is 1. The van der Waals surface area contributed by atoms with Gasteiger partial charge in [0.05, 0.1) is 18.7 Å². The number of benzene rings is 1. The predicted molar refractivity (Wildman–Crippen MR) is 70.0 cm³/mol. The van der Waals surface area contributed by atoms with Crippen molar-refractivity contribution in [3.05, 3.63) is 35.9 Å². The summed E-state index contributed by atoms with van der Waals surface area (Å²) in [7, 11) is 0. The minimum atomic E-state index is -0.476. The Morgan fingerprint density at radius 3 is 2.74 bits per heavy atom. The maximum atomic E-state index is 11.9. The van der Waals surface area contributed by atoms with Crippen LogP contribution in [0.1, 0.15) is 24.2 Å². The molecule has 100 valence electrons. The first-order valence-electron chi connectivity index (χ1n) is 6.12. The fourth-order valence-corrected chi connectivity index (χ4v) is 1.63. The van der Waals surface area contributed by atoms with E-state index in [-0.39, 0.29) is 11.4 Å². The van der Waals surface area contributed by atoms with Crippen LogP contribution in [0.5, 0.6) is 5.88 Å². The molecule has 5 nitrogen and oxygen atoms in total. The molecule has 0 saturated carbocycles. The van der Waals surface area contributed by atoms with E-state index >= 15 is 0 Å². The molecule has 0 atom stereocenters. The number of esters is 1. The van der Waals surface area contributed by atoms with Crippen LogP contribution in [-0.4, -0.2) is 24.2 Å². The standard InChI is InChI=1S/C14H15NO4/c1-3-17-14(16)11-9-10-7-5-6-8-12(10)15-13(11)19-18-4-2/h5-9H,3-4H2,1-2H3. The van der Waals surface area contributed by atoms with Crippen LogP contribution in [0.25, 0.3) is 10.9 Å². The van der Waals surface area contributed by atoms with Crippen molar-refractivity contribution in [2.24, 2.45) is 0 Å². The molecule has 19 heavy (non-hydrogen) atoms. The van der Waals surface area contributed by atoms with Gasteiger partial charge in [0.1, 0.15) is 5.56 Å². The molecule has 0 spiro atoms. The lowest BCUT2D eigenvalue weighted by Crippen LogP contribution is -2.10. The highest BCUT2D eigenvalue weighted by Crippen LogP contribution is 2.23. The van der Waals surface area contributed by atoms with Gasteiger partial charge in [-0.1, -0.05) is 18.2 Å². The first kappa shape index (κ1) is 13.3. The number of ether oxygens (including phenoxy) is 1. The van der Waals surface area contributed by atoms with E-state index in [1.54, 1.807) is 19.9 Å². The Bertz CT molecular complexity index is 583. The number of carbonyl (C=O) groups is 1. The molecule has 0 aliphatic heterocycles. The molecule has 0 aliphatic rings. The largest absolute Gasteiger partial charge is 0.462 e. The molecule has 0 aliphatic carbocycles. The minimum absolute atomic E-state index is 0.124. The Morgan fingerprint density at radius 2 is 2.00 bits per heavy atom. The molecule has 0 N–H and O–H groups in total. The lowest BCUT2D eigenvalue weighted by molar-refractivity contribution is -0.205. The number of fused-ring (bicyclic) bond motifs is 1. The molecule has 1 heterocycles. The van der Waals surface area contributed by atoms with Crippen molar-refractivity contribution in [3.8, 4) is 5.88 Å². The van der Waals surface area contributed by atoms with Gasteiger partial charge in [-0.2, -0.15) is 4.89 Å². The normalized spacial score (nSPS) is 10.4. The van der Waals surface area contributed by atoms with Crippen molar-refractivity contribution >= 4 is 16.9 Å². The summed E-state index contributed by atoms with van der Waals surface area (Å²) in [5.41, 5.74) is 0.985. The number of para-hydroxylation sites is 1. The van der Waals surface area contributed by atoms with Crippen molar-refractivity contribution in [1.82, 2.24) is 4.98 Å². The van der Waals surface area contributed by atoms with E-state index in [1.807, 2.05) is 24.3 Å². The summed E-state index contributed by atoms with van der Waals surface area (Å²) in [6, 6.07) is 9.14.